The van der Waals surface area contributed by atoms with Gasteiger partial charge in [0.15, 0.2) is 0 Å². The maximum Gasteiger partial charge on any atom is 0.320 e. The second-order valence-corrected chi connectivity index (χ2v) is 3.82. The Balaban J connectivity index is 3.38. The van der Waals surface area contributed by atoms with E-state index in [1.54, 1.807) is 13.8 Å². The summed E-state index contributed by atoms with van der Waals surface area (Å²) < 4.78 is 4.92. The SMILES string of the molecule is CCCNC(=O)CCNCC(=O)OC(C)C. The number of ether oxygens (including phenoxy) is 1. The predicted molar refractivity (Wildman–Crippen MR) is 62.0 cm³/mol. The molecule has 0 unspecified atom stereocenters. The Morgan fingerprint density at radius 2 is 1.94 bits per heavy atom. The van der Waals surface area contributed by atoms with Crippen molar-refractivity contribution in [2.24, 2.45) is 0 Å². The Labute approximate surface area is 96.9 Å². The molecule has 1 amide bonds. The summed E-state index contributed by atoms with van der Waals surface area (Å²) in [4.78, 5) is 22.2. The molecule has 0 aliphatic heterocycles. The average Bonchev–Trinajstić information content (AvgIpc) is 2.20. The maximum absolute atomic E-state index is 11.2. The Hall–Kier alpha value is -1.10. The molecule has 0 rings (SSSR count). The zero-order valence-electron chi connectivity index (χ0n) is 10.3. The van der Waals surface area contributed by atoms with Crippen LogP contribution in [-0.2, 0) is 14.3 Å². The van der Waals surface area contributed by atoms with Crippen LogP contribution in [0.1, 0.15) is 33.6 Å². The summed E-state index contributed by atoms with van der Waals surface area (Å²) >= 11 is 0. The lowest BCUT2D eigenvalue weighted by Gasteiger charge is -2.08. The lowest BCUT2D eigenvalue weighted by atomic mass is 10.3. The van der Waals surface area contributed by atoms with Crippen molar-refractivity contribution in [2.75, 3.05) is 19.6 Å². The van der Waals surface area contributed by atoms with Gasteiger partial charge in [0.1, 0.15) is 0 Å². The van der Waals surface area contributed by atoms with Gasteiger partial charge in [-0.15, -0.1) is 0 Å². The van der Waals surface area contributed by atoms with Crippen molar-refractivity contribution >= 4 is 11.9 Å². The molecular formula is C11H22N2O3. The smallest absolute Gasteiger partial charge is 0.320 e. The lowest BCUT2D eigenvalue weighted by molar-refractivity contribution is -0.146. The third kappa shape index (κ3) is 9.45. The highest BCUT2D eigenvalue weighted by Gasteiger charge is 2.05. The van der Waals surface area contributed by atoms with E-state index in [1.807, 2.05) is 6.92 Å². The monoisotopic (exact) mass is 230 g/mol. The van der Waals surface area contributed by atoms with Gasteiger partial charge in [0.2, 0.25) is 5.91 Å². The number of carbonyl (C=O) groups excluding carboxylic acids is 2. The summed E-state index contributed by atoms with van der Waals surface area (Å²) in [6, 6.07) is 0. The van der Waals surface area contributed by atoms with Crippen molar-refractivity contribution < 1.29 is 14.3 Å². The molecule has 0 aromatic carbocycles. The molecule has 5 nitrogen and oxygen atoms in total. The topological polar surface area (TPSA) is 67.4 Å². The lowest BCUT2D eigenvalue weighted by Crippen LogP contribution is -2.31. The first-order valence-corrected chi connectivity index (χ1v) is 5.73. The van der Waals surface area contributed by atoms with Crippen molar-refractivity contribution in [3.63, 3.8) is 0 Å². The van der Waals surface area contributed by atoms with E-state index in [0.717, 1.165) is 6.42 Å². The van der Waals surface area contributed by atoms with Gasteiger partial charge in [-0.3, -0.25) is 9.59 Å². The van der Waals surface area contributed by atoms with Crippen LogP contribution in [0.5, 0.6) is 0 Å². The van der Waals surface area contributed by atoms with E-state index in [9.17, 15) is 9.59 Å². The molecule has 0 radical (unpaired) electrons. The Bertz CT molecular complexity index is 217. The van der Waals surface area contributed by atoms with Gasteiger partial charge in [-0.25, -0.2) is 0 Å². The minimum atomic E-state index is -0.288. The highest BCUT2D eigenvalue weighted by Crippen LogP contribution is 1.87. The number of amides is 1. The minimum absolute atomic E-state index is 0.00609. The van der Waals surface area contributed by atoms with E-state index >= 15 is 0 Å². The molecule has 0 bridgehead atoms. The zero-order valence-corrected chi connectivity index (χ0v) is 10.3. The van der Waals surface area contributed by atoms with Gasteiger partial charge in [-0.1, -0.05) is 6.92 Å². The van der Waals surface area contributed by atoms with Crippen molar-refractivity contribution in [1.82, 2.24) is 10.6 Å². The van der Waals surface area contributed by atoms with Gasteiger partial charge >= 0.3 is 5.97 Å². The molecule has 0 aromatic rings. The molecule has 16 heavy (non-hydrogen) atoms. The van der Waals surface area contributed by atoms with E-state index in [-0.39, 0.29) is 24.5 Å². The quantitative estimate of drug-likeness (QED) is 0.469. The first kappa shape index (κ1) is 14.9. The Morgan fingerprint density at radius 1 is 1.25 bits per heavy atom. The van der Waals surface area contributed by atoms with Gasteiger partial charge < -0.3 is 15.4 Å². The van der Waals surface area contributed by atoms with E-state index in [2.05, 4.69) is 10.6 Å². The molecule has 0 aliphatic carbocycles. The van der Waals surface area contributed by atoms with Crippen LogP contribution in [0.4, 0.5) is 0 Å². The van der Waals surface area contributed by atoms with Crippen LogP contribution in [0.2, 0.25) is 0 Å². The maximum atomic E-state index is 11.2. The summed E-state index contributed by atoms with van der Waals surface area (Å²) in [6.07, 6.45) is 1.22. The number of nitrogens with one attached hydrogen (secondary N) is 2. The van der Waals surface area contributed by atoms with Gasteiger partial charge in [0.05, 0.1) is 12.6 Å². The molecule has 0 aliphatic rings. The van der Waals surface area contributed by atoms with Crippen LogP contribution < -0.4 is 10.6 Å². The normalized spacial score (nSPS) is 10.2. The van der Waals surface area contributed by atoms with E-state index < -0.39 is 0 Å². The fraction of sp³-hybridized carbons (Fsp3) is 0.818. The summed E-state index contributed by atoms with van der Waals surface area (Å²) in [7, 11) is 0. The molecule has 0 fully saturated rings. The fourth-order valence-corrected chi connectivity index (χ4v) is 1.05. The molecule has 5 heteroatoms. The number of rotatable bonds is 8. The molecule has 0 atom stereocenters. The van der Waals surface area contributed by atoms with Gasteiger partial charge in [0.25, 0.3) is 0 Å². The summed E-state index contributed by atoms with van der Waals surface area (Å²) in [6.45, 7) is 6.95. The highest BCUT2D eigenvalue weighted by atomic mass is 16.5. The number of carbonyl (C=O) groups is 2. The minimum Gasteiger partial charge on any atom is -0.462 e. The molecule has 0 heterocycles. The first-order valence-electron chi connectivity index (χ1n) is 5.73. The van der Waals surface area contributed by atoms with Crippen molar-refractivity contribution in [1.29, 1.82) is 0 Å². The van der Waals surface area contributed by atoms with E-state index in [1.165, 1.54) is 0 Å². The average molecular weight is 230 g/mol. The van der Waals surface area contributed by atoms with Crippen LogP contribution in [-0.4, -0.2) is 37.6 Å². The zero-order chi connectivity index (χ0) is 12.4. The fourth-order valence-electron chi connectivity index (χ4n) is 1.05. The Kier molecular flexibility index (Phi) is 8.52. The van der Waals surface area contributed by atoms with Gasteiger partial charge in [0, 0.05) is 19.5 Å². The van der Waals surface area contributed by atoms with Crippen molar-refractivity contribution in [3.8, 4) is 0 Å². The van der Waals surface area contributed by atoms with E-state index in [4.69, 9.17) is 4.74 Å². The second kappa shape index (κ2) is 9.15. The molecule has 0 spiro atoms. The molecule has 0 saturated heterocycles. The Morgan fingerprint density at radius 3 is 2.50 bits per heavy atom. The summed E-state index contributed by atoms with van der Waals surface area (Å²) in [5.74, 6) is -0.282. The van der Waals surface area contributed by atoms with Crippen LogP contribution in [0.3, 0.4) is 0 Å². The van der Waals surface area contributed by atoms with Crippen LogP contribution >= 0.6 is 0 Å². The largest absolute Gasteiger partial charge is 0.462 e. The van der Waals surface area contributed by atoms with E-state index in [0.29, 0.717) is 19.5 Å². The molecule has 2 N–H and O–H groups in total. The summed E-state index contributed by atoms with van der Waals surface area (Å²) in [5.41, 5.74) is 0. The van der Waals surface area contributed by atoms with Crippen molar-refractivity contribution in [2.45, 2.75) is 39.7 Å². The van der Waals surface area contributed by atoms with Crippen LogP contribution in [0.15, 0.2) is 0 Å². The molecule has 0 saturated carbocycles. The molecular weight excluding hydrogens is 208 g/mol. The second-order valence-electron chi connectivity index (χ2n) is 3.82. The van der Waals surface area contributed by atoms with Gasteiger partial charge in [-0.2, -0.15) is 0 Å². The number of hydrogen-bond donors (Lipinski definition) is 2. The number of hydrogen-bond acceptors (Lipinski definition) is 4. The van der Waals surface area contributed by atoms with Crippen molar-refractivity contribution in [3.05, 3.63) is 0 Å². The van der Waals surface area contributed by atoms with Crippen LogP contribution in [0, 0.1) is 0 Å². The summed E-state index contributed by atoms with van der Waals surface area (Å²) in [5, 5.41) is 5.62. The van der Waals surface area contributed by atoms with Gasteiger partial charge in [-0.05, 0) is 20.3 Å². The highest BCUT2D eigenvalue weighted by molar-refractivity contribution is 5.76. The molecule has 0 aromatic heterocycles. The molecule has 94 valence electrons. The third-order valence-electron chi connectivity index (χ3n) is 1.74. The predicted octanol–water partition coefficient (Wildman–Crippen LogP) is 0.444. The third-order valence-corrected chi connectivity index (χ3v) is 1.74. The first-order chi connectivity index (χ1) is 7.56. The standard InChI is InChI=1S/C11H22N2O3/c1-4-6-13-10(14)5-7-12-8-11(15)16-9(2)3/h9,12H,4-8H2,1-3H3,(H,13,14). The number of esters is 1. The van der Waals surface area contributed by atoms with Crippen LogP contribution in [0.25, 0.3) is 0 Å².